The lowest BCUT2D eigenvalue weighted by molar-refractivity contribution is 0.0315. The van der Waals surface area contributed by atoms with E-state index in [2.05, 4.69) is 15.4 Å². The molecule has 10 nitrogen and oxygen atoms in total. The van der Waals surface area contributed by atoms with Crippen molar-refractivity contribution in [3.8, 4) is 0 Å². The normalized spacial score (nSPS) is 17.4. The first-order chi connectivity index (χ1) is 19.1. The van der Waals surface area contributed by atoms with Gasteiger partial charge < -0.3 is 14.4 Å². The van der Waals surface area contributed by atoms with Crippen molar-refractivity contribution in [1.29, 1.82) is 0 Å². The van der Waals surface area contributed by atoms with Crippen LogP contribution in [0, 0.1) is 5.82 Å². The van der Waals surface area contributed by atoms with Gasteiger partial charge >= 0.3 is 12.1 Å². The molecule has 1 atom stereocenters. The number of nitrogens with one attached hydrogen (secondary N) is 1. The Kier molecular flexibility index (Phi) is 7.93. The molecule has 40 heavy (non-hydrogen) atoms. The van der Waals surface area contributed by atoms with Gasteiger partial charge in [0.25, 0.3) is 0 Å². The number of ether oxygens (including phenoxy) is 2. The van der Waals surface area contributed by atoms with E-state index in [-0.39, 0.29) is 24.5 Å². The number of anilines is 1. The van der Waals surface area contributed by atoms with Gasteiger partial charge in [-0.1, -0.05) is 6.07 Å². The molecule has 2 aliphatic rings. The van der Waals surface area contributed by atoms with Crippen LogP contribution in [-0.2, 0) is 15.9 Å². The van der Waals surface area contributed by atoms with Crippen LogP contribution >= 0.6 is 0 Å². The van der Waals surface area contributed by atoms with Gasteiger partial charge in [-0.15, -0.1) is 0 Å². The van der Waals surface area contributed by atoms with Crippen LogP contribution in [0.3, 0.4) is 0 Å². The third kappa shape index (κ3) is 6.35. The summed E-state index contributed by atoms with van der Waals surface area (Å²) in [6.45, 7) is 8.86. The molecule has 0 spiro atoms. The van der Waals surface area contributed by atoms with Crippen molar-refractivity contribution in [2.24, 2.45) is 0 Å². The second kappa shape index (κ2) is 11.4. The van der Waals surface area contributed by atoms with Crippen LogP contribution in [0.15, 0.2) is 36.7 Å². The Morgan fingerprint density at radius 3 is 2.73 bits per heavy atom. The van der Waals surface area contributed by atoms with Gasteiger partial charge in [0.2, 0.25) is 0 Å². The van der Waals surface area contributed by atoms with E-state index in [4.69, 9.17) is 14.5 Å². The predicted octanol–water partition coefficient (Wildman–Crippen LogP) is 4.83. The van der Waals surface area contributed by atoms with Gasteiger partial charge in [-0.25, -0.2) is 28.5 Å². The summed E-state index contributed by atoms with van der Waals surface area (Å²) in [7, 11) is 0. The summed E-state index contributed by atoms with van der Waals surface area (Å²) in [5, 5.41) is 6.18. The zero-order valence-corrected chi connectivity index (χ0v) is 23.5. The minimum atomic E-state index is -0.583. The quantitative estimate of drug-likeness (QED) is 0.298. The van der Waals surface area contributed by atoms with Crippen molar-refractivity contribution in [1.82, 2.24) is 25.0 Å². The zero-order valence-electron chi connectivity index (χ0n) is 23.5. The fourth-order valence-electron chi connectivity index (χ4n) is 5.22. The smallest absolute Gasteiger partial charge is 0.422 e. The van der Waals surface area contributed by atoms with E-state index >= 15 is 0 Å². The topological polar surface area (TPSA) is 101 Å². The van der Waals surface area contributed by atoms with Crippen molar-refractivity contribution in [3.05, 3.63) is 59.2 Å². The van der Waals surface area contributed by atoms with Gasteiger partial charge in [-0.3, -0.25) is 5.43 Å². The molecule has 3 heterocycles. The fourth-order valence-corrected chi connectivity index (χ4v) is 5.22. The highest BCUT2D eigenvalue weighted by Gasteiger charge is 2.33. The summed E-state index contributed by atoms with van der Waals surface area (Å²) in [6.07, 6.45) is 7.20. The van der Waals surface area contributed by atoms with Gasteiger partial charge in [0.15, 0.2) is 5.65 Å². The first-order valence-corrected chi connectivity index (χ1v) is 14.0. The van der Waals surface area contributed by atoms with Gasteiger partial charge in [0.05, 0.1) is 18.8 Å². The predicted molar refractivity (Wildman–Crippen MR) is 147 cm³/mol. The number of carbonyl (C=O) groups is 2. The molecule has 1 aliphatic heterocycles. The number of fused-ring (bicyclic) bond motifs is 1. The third-order valence-corrected chi connectivity index (χ3v) is 7.11. The van der Waals surface area contributed by atoms with Gasteiger partial charge in [-0.05, 0) is 89.1 Å². The van der Waals surface area contributed by atoms with Crippen LogP contribution < -0.4 is 10.3 Å². The molecule has 1 saturated heterocycles. The monoisotopic (exact) mass is 552 g/mol. The zero-order chi connectivity index (χ0) is 28.4. The molecule has 2 aromatic heterocycles. The molecule has 1 aliphatic carbocycles. The van der Waals surface area contributed by atoms with E-state index in [1.807, 2.05) is 37.9 Å². The Morgan fingerprint density at radius 1 is 1.20 bits per heavy atom. The Labute approximate surface area is 233 Å². The maximum Gasteiger partial charge on any atom is 0.422 e. The number of nitrogens with zero attached hydrogens (tertiary/aromatic N) is 5. The second-order valence-electron chi connectivity index (χ2n) is 11.3. The van der Waals surface area contributed by atoms with Crippen molar-refractivity contribution in [2.75, 3.05) is 24.6 Å². The van der Waals surface area contributed by atoms with E-state index in [9.17, 15) is 14.0 Å². The maximum atomic E-state index is 14.6. The van der Waals surface area contributed by atoms with Gasteiger partial charge in [0, 0.05) is 25.3 Å². The number of rotatable bonds is 9. The second-order valence-corrected chi connectivity index (χ2v) is 11.3. The summed E-state index contributed by atoms with van der Waals surface area (Å²) in [6, 6.07) is 7.01. The van der Waals surface area contributed by atoms with Crippen molar-refractivity contribution in [2.45, 2.75) is 77.5 Å². The molecule has 214 valence electrons. The summed E-state index contributed by atoms with van der Waals surface area (Å²) in [5.41, 5.74) is 4.99. The first-order valence-electron chi connectivity index (χ1n) is 14.0. The number of hydrazine groups is 1. The lowest BCUT2D eigenvalue weighted by atomic mass is 9.96. The molecular formula is C29H37FN6O4. The molecule has 3 aromatic rings. The van der Waals surface area contributed by atoms with Crippen LogP contribution in [0.1, 0.15) is 80.9 Å². The number of esters is 1. The minimum absolute atomic E-state index is 0.0807. The standard InChI is InChI=1S/C29H37FN6O4/c1-5-39-27(37)23-18-31-36-16-13-25(32-26(23)36)34-14-6-7-24(34)22-17-20(30)9-8-19(22)12-15-35(21-10-11-21)33-28(38)40-29(2,3)4/h8-9,13,16-18,21,24H,5-7,10-12,14-15H2,1-4H3,(H,33,38)/t24-/m1/s1. The number of benzene rings is 1. The summed E-state index contributed by atoms with van der Waals surface area (Å²) in [5.74, 6) is -0.0597. The number of aromatic nitrogens is 3. The van der Waals surface area contributed by atoms with Gasteiger partial charge in [-0.2, -0.15) is 5.10 Å². The molecule has 0 radical (unpaired) electrons. The fraction of sp³-hybridized carbons (Fsp3) is 0.517. The number of hydrogen-bond acceptors (Lipinski definition) is 8. The molecule has 2 fully saturated rings. The largest absolute Gasteiger partial charge is 0.462 e. The molecular weight excluding hydrogens is 515 g/mol. The summed E-state index contributed by atoms with van der Waals surface area (Å²) >= 11 is 0. The lowest BCUT2D eigenvalue weighted by Crippen LogP contribution is -2.46. The van der Waals surface area contributed by atoms with Crippen LogP contribution in [-0.4, -0.2) is 63.0 Å². The van der Waals surface area contributed by atoms with Gasteiger partial charge in [0.1, 0.15) is 22.8 Å². The molecule has 1 saturated carbocycles. The van der Waals surface area contributed by atoms with Crippen molar-refractivity contribution >= 4 is 23.5 Å². The summed E-state index contributed by atoms with van der Waals surface area (Å²) < 4.78 is 26.8. The van der Waals surface area contributed by atoms with Crippen LogP contribution in [0.4, 0.5) is 15.0 Å². The lowest BCUT2D eigenvalue weighted by Gasteiger charge is -2.29. The molecule has 1 aromatic carbocycles. The number of hydrogen-bond donors (Lipinski definition) is 1. The molecule has 1 N–H and O–H groups in total. The van der Waals surface area contributed by atoms with E-state index < -0.39 is 17.7 Å². The Morgan fingerprint density at radius 2 is 2.00 bits per heavy atom. The van der Waals surface area contributed by atoms with E-state index in [0.717, 1.165) is 43.4 Å². The highest BCUT2D eigenvalue weighted by molar-refractivity contribution is 5.95. The van der Waals surface area contributed by atoms with Crippen LogP contribution in [0.5, 0.6) is 0 Å². The molecule has 0 unspecified atom stereocenters. The summed E-state index contributed by atoms with van der Waals surface area (Å²) in [4.78, 5) is 31.8. The third-order valence-electron chi connectivity index (χ3n) is 7.11. The van der Waals surface area contributed by atoms with Crippen LogP contribution in [0.2, 0.25) is 0 Å². The molecule has 5 rings (SSSR count). The Balaban J connectivity index is 1.37. The van der Waals surface area contributed by atoms with Crippen molar-refractivity contribution in [3.63, 3.8) is 0 Å². The highest BCUT2D eigenvalue weighted by Crippen LogP contribution is 2.38. The van der Waals surface area contributed by atoms with E-state index in [1.54, 1.807) is 23.7 Å². The molecule has 1 amide bonds. The number of amides is 1. The average Bonchev–Trinajstić information content (AvgIpc) is 3.46. The highest BCUT2D eigenvalue weighted by atomic mass is 19.1. The number of halogens is 1. The van der Waals surface area contributed by atoms with E-state index in [1.165, 1.54) is 12.3 Å². The maximum absolute atomic E-state index is 14.6. The average molecular weight is 553 g/mol. The molecule has 0 bridgehead atoms. The Bertz CT molecular complexity index is 1380. The SMILES string of the molecule is CCOC(=O)c1cnn2ccc(N3CCC[C@@H]3c3cc(F)ccc3CCN(NC(=O)OC(C)(C)C)C3CC3)nc12. The number of carbonyl (C=O) groups excluding carboxylic acids is 2. The minimum Gasteiger partial charge on any atom is -0.462 e. The first kappa shape index (κ1) is 27.8. The Hall–Kier alpha value is -3.73. The van der Waals surface area contributed by atoms with Crippen LogP contribution in [0.25, 0.3) is 5.65 Å². The van der Waals surface area contributed by atoms with Crippen molar-refractivity contribution < 1.29 is 23.5 Å². The molecule has 11 heteroatoms. The van der Waals surface area contributed by atoms with E-state index in [0.29, 0.717) is 30.0 Å².